The van der Waals surface area contributed by atoms with Crippen LogP contribution in [0.3, 0.4) is 0 Å². The number of amides is 3. The number of nitrogens with one attached hydrogen (secondary N) is 1. The predicted molar refractivity (Wildman–Crippen MR) is 108 cm³/mol. The number of nitrogens with zero attached hydrogens (tertiary/aromatic N) is 1. The first-order valence-corrected chi connectivity index (χ1v) is 9.92. The zero-order valence-electron chi connectivity index (χ0n) is 15.1. The molecule has 0 saturated carbocycles. The molecule has 28 heavy (non-hydrogen) atoms. The largest absolute Gasteiger partial charge is 0.352 e. The second-order valence-corrected chi connectivity index (χ2v) is 7.28. The van der Waals surface area contributed by atoms with Crippen LogP contribution < -0.4 is 5.32 Å². The SMILES string of the molecule is O=C(CCN1C(=O)c2ccccc2C1=O)NCc1ccccc1-c1ccsc1. The van der Waals surface area contributed by atoms with Gasteiger partial charge in [0.05, 0.1) is 11.1 Å². The van der Waals surface area contributed by atoms with Crippen molar-refractivity contribution in [3.05, 3.63) is 82.0 Å². The summed E-state index contributed by atoms with van der Waals surface area (Å²) in [6.07, 6.45) is 0.0755. The molecule has 3 amide bonds. The van der Waals surface area contributed by atoms with Crippen molar-refractivity contribution in [1.82, 2.24) is 10.2 Å². The summed E-state index contributed by atoms with van der Waals surface area (Å²) >= 11 is 1.63. The highest BCUT2D eigenvalue weighted by Gasteiger charge is 2.34. The van der Waals surface area contributed by atoms with E-state index in [9.17, 15) is 14.4 Å². The topological polar surface area (TPSA) is 66.5 Å². The van der Waals surface area contributed by atoms with Crippen LogP contribution in [0.2, 0.25) is 0 Å². The van der Waals surface area contributed by atoms with Crippen LogP contribution in [0.5, 0.6) is 0 Å². The molecule has 1 aliphatic heterocycles. The molecule has 1 N–H and O–H groups in total. The van der Waals surface area contributed by atoms with Crippen LogP contribution in [0.15, 0.2) is 65.4 Å². The number of hydrogen-bond acceptors (Lipinski definition) is 4. The summed E-state index contributed by atoms with van der Waals surface area (Å²) in [5.74, 6) is -0.871. The van der Waals surface area contributed by atoms with E-state index in [0.717, 1.165) is 21.6 Å². The Bertz CT molecular complexity index is 1010. The number of carbonyl (C=O) groups excluding carboxylic acids is 3. The van der Waals surface area contributed by atoms with Crippen molar-refractivity contribution in [3.63, 3.8) is 0 Å². The maximum atomic E-state index is 12.3. The molecule has 140 valence electrons. The van der Waals surface area contributed by atoms with Crippen molar-refractivity contribution in [2.24, 2.45) is 0 Å². The van der Waals surface area contributed by atoms with Gasteiger partial charge < -0.3 is 5.32 Å². The highest BCUT2D eigenvalue weighted by molar-refractivity contribution is 7.08. The Balaban J connectivity index is 1.36. The van der Waals surface area contributed by atoms with E-state index in [1.165, 1.54) is 0 Å². The lowest BCUT2D eigenvalue weighted by Crippen LogP contribution is -2.34. The zero-order chi connectivity index (χ0) is 19.5. The van der Waals surface area contributed by atoms with E-state index in [1.54, 1.807) is 35.6 Å². The van der Waals surface area contributed by atoms with E-state index in [2.05, 4.69) is 10.7 Å². The lowest BCUT2D eigenvalue weighted by Gasteiger charge is -2.14. The fourth-order valence-electron chi connectivity index (χ4n) is 3.31. The first-order chi connectivity index (χ1) is 13.6. The van der Waals surface area contributed by atoms with Gasteiger partial charge in [-0.3, -0.25) is 19.3 Å². The molecule has 5 nitrogen and oxygen atoms in total. The molecule has 3 aromatic rings. The number of hydrogen-bond donors (Lipinski definition) is 1. The average Bonchev–Trinajstić information content (AvgIpc) is 3.34. The molecule has 0 fully saturated rings. The van der Waals surface area contributed by atoms with Crippen molar-refractivity contribution < 1.29 is 14.4 Å². The minimum Gasteiger partial charge on any atom is -0.352 e. The summed E-state index contributed by atoms with van der Waals surface area (Å²) < 4.78 is 0. The van der Waals surface area contributed by atoms with Crippen LogP contribution in [-0.4, -0.2) is 29.2 Å². The first-order valence-electron chi connectivity index (χ1n) is 8.97. The third-order valence-electron chi connectivity index (χ3n) is 4.77. The Morgan fingerprint density at radius 2 is 1.54 bits per heavy atom. The molecular weight excluding hydrogens is 372 g/mol. The summed E-state index contributed by atoms with van der Waals surface area (Å²) in [6, 6.07) is 16.7. The summed E-state index contributed by atoms with van der Waals surface area (Å²) in [5.41, 5.74) is 4.04. The molecule has 1 aliphatic rings. The standard InChI is InChI=1S/C22H18N2O3S/c25-20(9-11-24-21(26)18-7-3-4-8-19(18)22(24)27)23-13-15-5-1-2-6-17(15)16-10-12-28-14-16/h1-8,10,12,14H,9,11,13H2,(H,23,25). The van der Waals surface area contributed by atoms with Crippen molar-refractivity contribution in [3.8, 4) is 11.1 Å². The Morgan fingerprint density at radius 3 is 2.18 bits per heavy atom. The van der Waals surface area contributed by atoms with E-state index in [0.29, 0.717) is 17.7 Å². The summed E-state index contributed by atoms with van der Waals surface area (Å²) in [6.45, 7) is 0.470. The van der Waals surface area contributed by atoms with Gasteiger partial charge in [0.15, 0.2) is 0 Å². The predicted octanol–water partition coefficient (Wildman–Crippen LogP) is 3.72. The summed E-state index contributed by atoms with van der Waals surface area (Å²) in [7, 11) is 0. The van der Waals surface area contributed by atoms with Crippen molar-refractivity contribution in [2.45, 2.75) is 13.0 Å². The molecule has 0 bridgehead atoms. The van der Waals surface area contributed by atoms with E-state index < -0.39 is 0 Å². The molecule has 0 radical (unpaired) electrons. The van der Waals surface area contributed by atoms with Crippen molar-refractivity contribution >= 4 is 29.1 Å². The first kappa shape index (κ1) is 18.1. The average molecular weight is 390 g/mol. The molecular formula is C22H18N2O3S. The van der Waals surface area contributed by atoms with Gasteiger partial charge in [0.1, 0.15) is 0 Å². The number of imide groups is 1. The third kappa shape index (κ3) is 3.46. The highest BCUT2D eigenvalue weighted by Crippen LogP contribution is 2.26. The van der Waals surface area contributed by atoms with Crippen LogP contribution >= 0.6 is 11.3 Å². The van der Waals surface area contributed by atoms with E-state index in [-0.39, 0.29) is 30.7 Å². The highest BCUT2D eigenvalue weighted by atomic mass is 32.1. The minimum absolute atomic E-state index is 0.0738. The van der Waals surface area contributed by atoms with E-state index in [4.69, 9.17) is 0 Å². The van der Waals surface area contributed by atoms with Crippen molar-refractivity contribution in [2.75, 3.05) is 6.54 Å². The lowest BCUT2D eigenvalue weighted by molar-refractivity contribution is -0.121. The van der Waals surface area contributed by atoms with Crippen LogP contribution in [0.25, 0.3) is 11.1 Å². The Morgan fingerprint density at radius 1 is 0.893 bits per heavy atom. The van der Waals surface area contributed by atoms with Crippen LogP contribution in [0, 0.1) is 0 Å². The van der Waals surface area contributed by atoms with Gasteiger partial charge in [-0.15, -0.1) is 0 Å². The molecule has 6 heteroatoms. The third-order valence-corrected chi connectivity index (χ3v) is 5.45. The van der Waals surface area contributed by atoms with E-state index in [1.807, 2.05) is 35.7 Å². The second-order valence-electron chi connectivity index (χ2n) is 6.50. The smallest absolute Gasteiger partial charge is 0.261 e. The van der Waals surface area contributed by atoms with Crippen LogP contribution in [0.1, 0.15) is 32.7 Å². The van der Waals surface area contributed by atoms with Gasteiger partial charge in [-0.05, 0) is 45.6 Å². The van der Waals surface area contributed by atoms with Gasteiger partial charge in [-0.25, -0.2) is 0 Å². The fraction of sp³-hybridized carbons (Fsp3) is 0.136. The second kappa shape index (κ2) is 7.78. The lowest BCUT2D eigenvalue weighted by atomic mass is 10.0. The molecule has 0 atom stereocenters. The number of fused-ring (bicyclic) bond motifs is 1. The monoisotopic (exact) mass is 390 g/mol. The van der Waals surface area contributed by atoms with Crippen molar-refractivity contribution in [1.29, 1.82) is 0 Å². The zero-order valence-corrected chi connectivity index (χ0v) is 15.9. The number of benzene rings is 2. The normalized spacial score (nSPS) is 12.9. The van der Waals surface area contributed by atoms with Crippen LogP contribution in [-0.2, 0) is 11.3 Å². The molecule has 0 saturated heterocycles. The minimum atomic E-state index is -0.337. The Hall–Kier alpha value is -3.25. The van der Waals surface area contributed by atoms with Crippen LogP contribution in [0.4, 0.5) is 0 Å². The fourth-order valence-corrected chi connectivity index (χ4v) is 3.97. The Labute approximate surface area is 166 Å². The number of thiophene rings is 1. The summed E-state index contributed by atoms with van der Waals surface area (Å²) in [4.78, 5) is 38.1. The Kier molecular flexibility index (Phi) is 5.04. The van der Waals surface area contributed by atoms with Gasteiger partial charge in [-0.1, -0.05) is 36.4 Å². The number of rotatable bonds is 6. The molecule has 2 aromatic carbocycles. The van der Waals surface area contributed by atoms with Gasteiger partial charge in [0.25, 0.3) is 11.8 Å². The molecule has 2 heterocycles. The number of carbonyl (C=O) groups is 3. The van der Waals surface area contributed by atoms with Gasteiger partial charge >= 0.3 is 0 Å². The summed E-state index contributed by atoms with van der Waals surface area (Å²) in [5, 5.41) is 6.98. The molecule has 0 unspecified atom stereocenters. The molecule has 4 rings (SSSR count). The van der Waals surface area contributed by atoms with Gasteiger partial charge in [-0.2, -0.15) is 11.3 Å². The van der Waals surface area contributed by atoms with Gasteiger partial charge in [0.2, 0.25) is 5.91 Å². The molecule has 0 aliphatic carbocycles. The molecule has 1 aromatic heterocycles. The van der Waals surface area contributed by atoms with E-state index >= 15 is 0 Å². The quantitative estimate of drug-likeness (QED) is 0.653. The maximum absolute atomic E-state index is 12.3. The maximum Gasteiger partial charge on any atom is 0.261 e. The molecule has 0 spiro atoms. The van der Waals surface area contributed by atoms with Gasteiger partial charge in [0, 0.05) is 19.5 Å².